The highest BCUT2D eigenvalue weighted by atomic mass is 15.1. The van der Waals surface area contributed by atoms with Crippen LogP contribution in [0.2, 0.25) is 0 Å². The maximum absolute atomic E-state index is 4.03. The largest absolute Gasteiger partial charge is 0.309 e. The number of rotatable bonds is 5. The van der Waals surface area contributed by atoms with Gasteiger partial charge in [0, 0.05) is 6.54 Å². The van der Waals surface area contributed by atoms with Crippen molar-refractivity contribution in [2.75, 3.05) is 20.6 Å². The van der Waals surface area contributed by atoms with Gasteiger partial charge in [-0.3, -0.25) is 0 Å². The zero-order valence-corrected chi connectivity index (χ0v) is 9.22. The Bertz CT molecular complexity index is 126. The van der Waals surface area contributed by atoms with E-state index < -0.39 is 0 Å². The quantitative estimate of drug-likeness (QED) is 0.572. The van der Waals surface area contributed by atoms with E-state index >= 15 is 0 Å². The average Bonchev–Trinajstić information content (AvgIpc) is 1.83. The standard InChI is InChI=1S/C11H23N/c1-9(2)7-11(10(3)4)8-12(5)6/h9,11H,3,7-8H2,1-2,4-6H3. The van der Waals surface area contributed by atoms with Crippen molar-refractivity contribution in [3.8, 4) is 0 Å². The molecular weight excluding hydrogens is 146 g/mol. The summed E-state index contributed by atoms with van der Waals surface area (Å²) < 4.78 is 0. The minimum Gasteiger partial charge on any atom is -0.309 e. The summed E-state index contributed by atoms with van der Waals surface area (Å²) in [6, 6.07) is 0. The summed E-state index contributed by atoms with van der Waals surface area (Å²) in [5, 5.41) is 0. The molecule has 0 aliphatic carbocycles. The van der Waals surface area contributed by atoms with Crippen LogP contribution in [0.1, 0.15) is 27.2 Å². The predicted octanol–water partition coefficient (Wildman–Crippen LogP) is 2.79. The summed E-state index contributed by atoms with van der Waals surface area (Å²) in [5.41, 5.74) is 1.32. The smallest absolute Gasteiger partial charge is 0.00408 e. The van der Waals surface area contributed by atoms with Gasteiger partial charge in [0.15, 0.2) is 0 Å². The molecule has 0 aromatic heterocycles. The van der Waals surface area contributed by atoms with Gasteiger partial charge in [0.25, 0.3) is 0 Å². The van der Waals surface area contributed by atoms with E-state index in [9.17, 15) is 0 Å². The second-order valence-corrected chi connectivity index (χ2v) is 4.44. The van der Waals surface area contributed by atoms with Gasteiger partial charge in [0.1, 0.15) is 0 Å². The van der Waals surface area contributed by atoms with Crippen molar-refractivity contribution < 1.29 is 0 Å². The lowest BCUT2D eigenvalue weighted by Crippen LogP contribution is -2.23. The van der Waals surface area contributed by atoms with Gasteiger partial charge in [-0.1, -0.05) is 26.0 Å². The van der Waals surface area contributed by atoms with E-state index in [2.05, 4.69) is 46.3 Å². The highest BCUT2D eigenvalue weighted by molar-refractivity contribution is 4.97. The Balaban J connectivity index is 3.96. The Kier molecular flexibility index (Phi) is 5.23. The molecule has 0 aromatic rings. The molecule has 0 saturated carbocycles. The molecule has 0 fully saturated rings. The Labute approximate surface area is 77.5 Å². The van der Waals surface area contributed by atoms with E-state index in [0.29, 0.717) is 5.92 Å². The third-order valence-electron chi connectivity index (χ3n) is 2.04. The van der Waals surface area contributed by atoms with Crippen LogP contribution in [0.3, 0.4) is 0 Å². The molecule has 1 unspecified atom stereocenters. The maximum atomic E-state index is 4.03. The number of nitrogens with zero attached hydrogens (tertiary/aromatic N) is 1. The van der Waals surface area contributed by atoms with Crippen molar-refractivity contribution in [1.29, 1.82) is 0 Å². The van der Waals surface area contributed by atoms with Gasteiger partial charge in [-0.25, -0.2) is 0 Å². The van der Waals surface area contributed by atoms with Crippen molar-refractivity contribution in [3.63, 3.8) is 0 Å². The second-order valence-electron chi connectivity index (χ2n) is 4.44. The molecule has 0 aromatic carbocycles. The topological polar surface area (TPSA) is 3.24 Å². The molecule has 0 bridgehead atoms. The zero-order valence-electron chi connectivity index (χ0n) is 9.22. The highest BCUT2D eigenvalue weighted by Gasteiger charge is 2.11. The summed E-state index contributed by atoms with van der Waals surface area (Å²) in [6.45, 7) is 11.8. The Morgan fingerprint density at radius 2 is 1.83 bits per heavy atom. The molecule has 0 radical (unpaired) electrons. The van der Waals surface area contributed by atoms with Gasteiger partial charge in [0.05, 0.1) is 0 Å². The lowest BCUT2D eigenvalue weighted by Gasteiger charge is -2.22. The fraction of sp³-hybridized carbons (Fsp3) is 0.818. The van der Waals surface area contributed by atoms with Gasteiger partial charge in [-0.15, -0.1) is 0 Å². The first-order chi connectivity index (χ1) is 5.43. The average molecular weight is 169 g/mol. The molecule has 72 valence electrons. The van der Waals surface area contributed by atoms with Gasteiger partial charge in [-0.2, -0.15) is 0 Å². The SMILES string of the molecule is C=C(C)C(CC(C)C)CN(C)C. The molecule has 0 aliphatic heterocycles. The van der Waals surface area contributed by atoms with E-state index in [1.165, 1.54) is 12.0 Å². The molecule has 0 N–H and O–H groups in total. The highest BCUT2D eigenvalue weighted by Crippen LogP contribution is 2.18. The minimum absolute atomic E-state index is 0.667. The first-order valence-corrected chi connectivity index (χ1v) is 4.73. The maximum Gasteiger partial charge on any atom is 0.00408 e. The van der Waals surface area contributed by atoms with E-state index in [1.54, 1.807) is 0 Å². The molecule has 0 saturated heterocycles. The van der Waals surface area contributed by atoms with Crippen LogP contribution in [-0.4, -0.2) is 25.5 Å². The van der Waals surface area contributed by atoms with Crippen molar-refractivity contribution in [2.45, 2.75) is 27.2 Å². The first kappa shape index (κ1) is 11.7. The zero-order chi connectivity index (χ0) is 9.72. The van der Waals surface area contributed by atoms with Crippen LogP contribution >= 0.6 is 0 Å². The fourth-order valence-corrected chi connectivity index (χ4v) is 1.44. The summed E-state index contributed by atoms with van der Waals surface area (Å²) in [4.78, 5) is 2.24. The molecule has 0 aliphatic rings. The molecule has 1 nitrogen and oxygen atoms in total. The molecule has 0 spiro atoms. The van der Waals surface area contributed by atoms with E-state index in [-0.39, 0.29) is 0 Å². The molecule has 12 heavy (non-hydrogen) atoms. The summed E-state index contributed by atoms with van der Waals surface area (Å²) in [5.74, 6) is 1.44. The van der Waals surface area contributed by atoms with Crippen LogP contribution in [0.15, 0.2) is 12.2 Å². The lowest BCUT2D eigenvalue weighted by atomic mass is 9.91. The molecular formula is C11H23N. The number of hydrogen-bond donors (Lipinski definition) is 0. The van der Waals surface area contributed by atoms with E-state index in [0.717, 1.165) is 12.5 Å². The predicted molar refractivity (Wildman–Crippen MR) is 56.3 cm³/mol. The first-order valence-electron chi connectivity index (χ1n) is 4.73. The summed E-state index contributed by atoms with van der Waals surface area (Å²) >= 11 is 0. The van der Waals surface area contributed by atoms with Crippen LogP contribution in [-0.2, 0) is 0 Å². The third kappa shape index (κ3) is 5.36. The molecule has 1 heteroatoms. The van der Waals surface area contributed by atoms with Gasteiger partial charge >= 0.3 is 0 Å². The lowest BCUT2D eigenvalue weighted by molar-refractivity contribution is 0.318. The monoisotopic (exact) mass is 169 g/mol. The van der Waals surface area contributed by atoms with Crippen molar-refractivity contribution in [1.82, 2.24) is 4.90 Å². The normalized spacial score (nSPS) is 13.9. The van der Waals surface area contributed by atoms with Crippen LogP contribution in [0.5, 0.6) is 0 Å². The van der Waals surface area contributed by atoms with Gasteiger partial charge in [-0.05, 0) is 39.3 Å². The van der Waals surface area contributed by atoms with Crippen LogP contribution in [0.25, 0.3) is 0 Å². The van der Waals surface area contributed by atoms with Crippen LogP contribution < -0.4 is 0 Å². The van der Waals surface area contributed by atoms with E-state index in [1.807, 2.05) is 0 Å². The van der Waals surface area contributed by atoms with Crippen LogP contribution in [0.4, 0.5) is 0 Å². The molecule has 1 atom stereocenters. The Morgan fingerprint density at radius 1 is 1.33 bits per heavy atom. The second kappa shape index (κ2) is 5.36. The Morgan fingerprint density at radius 3 is 2.08 bits per heavy atom. The fourth-order valence-electron chi connectivity index (χ4n) is 1.44. The molecule has 0 amide bonds. The molecule has 0 rings (SSSR count). The van der Waals surface area contributed by atoms with Gasteiger partial charge in [0.2, 0.25) is 0 Å². The van der Waals surface area contributed by atoms with Crippen molar-refractivity contribution in [3.05, 3.63) is 12.2 Å². The van der Waals surface area contributed by atoms with Crippen molar-refractivity contribution >= 4 is 0 Å². The third-order valence-corrected chi connectivity index (χ3v) is 2.04. The van der Waals surface area contributed by atoms with Gasteiger partial charge < -0.3 is 4.90 Å². The van der Waals surface area contributed by atoms with Crippen LogP contribution in [0, 0.1) is 11.8 Å². The summed E-state index contributed by atoms with van der Waals surface area (Å²) in [6.07, 6.45) is 1.26. The molecule has 0 heterocycles. The Hall–Kier alpha value is -0.300. The number of hydrogen-bond acceptors (Lipinski definition) is 1. The van der Waals surface area contributed by atoms with E-state index in [4.69, 9.17) is 0 Å². The minimum atomic E-state index is 0.667. The summed E-state index contributed by atoms with van der Waals surface area (Å²) in [7, 11) is 4.24. The van der Waals surface area contributed by atoms with Crippen molar-refractivity contribution in [2.24, 2.45) is 11.8 Å².